The van der Waals surface area contributed by atoms with E-state index >= 15 is 0 Å². The number of halogens is 1. The minimum Gasteiger partial charge on any atom is -0.544 e. The molecule has 0 unspecified atom stereocenters. The van der Waals surface area contributed by atoms with Gasteiger partial charge in [0.25, 0.3) is 0 Å². The summed E-state index contributed by atoms with van der Waals surface area (Å²) in [7, 11) is -3.82. The van der Waals surface area contributed by atoms with Crippen LogP contribution in [0.2, 0.25) is 39.3 Å². The van der Waals surface area contributed by atoms with E-state index in [1.807, 2.05) is 37.8 Å². The van der Waals surface area contributed by atoms with Crippen LogP contribution in [0.5, 0.6) is 5.75 Å². The Bertz CT molecular complexity index is 736. The summed E-state index contributed by atoms with van der Waals surface area (Å²) >= 11 is 2.23. The second kappa shape index (κ2) is 9.82. The van der Waals surface area contributed by atoms with E-state index < -0.39 is 40.3 Å². The average molecular weight is 552 g/mol. The molecule has 1 rings (SSSR count). The summed E-state index contributed by atoms with van der Waals surface area (Å²) in [6.45, 7) is 17.5. The van der Waals surface area contributed by atoms with Crippen molar-refractivity contribution in [3.63, 3.8) is 0 Å². The van der Waals surface area contributed by atoms with E-state index in [2.05, 4.69) is 47.5 Å². The third kappa shape index (κ3) is 11.0. The SMILES string of the molecule is CC(C)(C)OC(=O)N[C@@H](Cc1ccc(O[Si](C)(C)C)c(I)c1)C(=O)O[Si](C)(C)C. The number of ether oxygens (including phenoxy) is 1. The first-order chi connectivity index (χ1) is 13.0. The van der Waals surface area contributed by atoms with Gasteiger partial charge in [0.1, 0.15) is 17.4 Å². The van der Waals surface area contributed by atoms with E-state index in [0.29, 0.717) is 6.42 Å². The first-order valence-corrected chi connectivity index (χ1v) is 17.5. The fraction of sp³-hybridized carbons (Fsp3) is 0.600. The molecule has 1 amide bonds. The van der Waals surface area contributed by atoms with Crippen molar-refractivity contribution in [2.24, 2.45) is 0 Å². The van der Waals surface area contributed by atoms with Crippen molar-refractivity contribution in [1.82, 2.24) is 5.32 Å². The van der Waals surface area contributed by atoms with Crippen molar-refractivity contribution in [3.8, 4) is 5.75 Å². The van der Waals surface area contributed by atoms with Gasteiger partial charge >= 0.3 is 12.1 Å². The maximum Gasteiger partial charge on any atom is 0.408 e. The minimum absolute atomic E-state index is 0.311. The highest BCUT2D eigenvalue weighted by molar-refractivity contribution is 14.1. The first-order valence-electron chi connectivity index (χ1n) is 9.65. The Morgan fingerprint density at radius 2 is 1.66 bits per heavy atom. The molecule has 0 aliphatic rings. The van der Waals surface area contributed by atoms with Gasteiger partial charge in [-0.3, -0.25) is 4.79 Å². The molecule has 0 aliphatic heterocycles. The molecule has 0 saturated carbocycles. The highest BCUT2D eigenvalue weighted by Gasteiger charge is 2.30. The number of hydrogen-bond donors (Lipinski definition) is 1. The van der Waals surface area contributed by atoms with Gasteiger partial charge in [-0.25, -0.2) is 4.79 Å². The smallest absolute Gasteiger partial charge is 0.408 e. The number of carbonyl (C=O) groups excluding carboxylic acids is 2. The topological polar surface area (TPSA) is 73.9 Å². The van der Waals surface area contributed by atoms with Gasteiger partial charge in [-0.05, 0) is 100 Å². The molecule has 0 saturated heterocycles. The van der Waals surface area contributed by atoms with Gasteiger partial charge < -0.3 is 18.9 Å². The van der Waals surface area contributed by atoms with E-state index in [-0.39, 0.29) is 0 Å². The molecule has 0 heterocycles. The van der Waals surface area contributed by atoms with Crippen LogP contribution >= 0.6 is 22.6 Å². The minimum atomic E-state index is -2.10. The Morgan fingerprint density at radius 3 is 2.10 bits per heavy atom. The summed E-state index contributed by atoms with van der Waals surface area (Å²) in [6.07, 6.45) is -0.324. The molecule has 1 aromatic rings. The highest BCUT2D eigenvalue weighted by atomic mass is 127. The Morgan fingerprint density at radius 1 is 1.07 bits per heavy atom. The molecule has 164 valence electrons. The summed E-state index contributed by atoms with van der Waals surface area (Å²) in [6, 6.07) is 4.99. The Balaban J connectivity index is 3.03. The molecule has 0 fully saturated rings. The molecule has 0 radical (unpaired) electrons. The lowest BCUT2D eigenvalue weighted by Gasteiger charge is -2.26. The number of benzene rings is 1. The van der Waals surface area contributed by atoms with Gasteiger partial charge in [-0.2, -0.15) is 0 Å². The standard InChI is InChI=1S/C20H34INO5Si2/c1-20(2,3)25-19(24)22-16(18(23)27-29(7,8)9)13-14-10-11-17(15(21)12-14)26-28(4,5)6/h10-12,16H,13H2,1-9H3,(H,22,24)/t16-/m0/s1. The number of alkyl carbamates (subject to hydrolysis) is 1. The summed E-state index contributed by atoms with van der Waals surface area (Å²) in [5.41, 5.74) is 0.258. The number of nitrogens with one attached hydrogen (secondary N) is 1. The predicted octanol–water partition coefficient (Wildman–Crippen LogP) is 5.32. The van der Waals surface area contributed by atoms with Crippen molar-refractivity contribution in [3.05, 3.63) is 27.3 Å². The van der Waals surface area contributed by atoms with Gasteiger partial charge in [-0.15, -0.1) is 0 Å². The van der Waals surface area contributed by atoms with Crippen molar-refractivity contribution in [2.75, 3.05) is 0 Å². The zero-order valence-corrected chi connectivity index (χ0v) is 23.1. The van der Waals surface area contributed by atoms with Crippen molar-refractivity contribution >= 4 is 51.3 Å². The molecule has 1 atom stereocenters. The first kappa shape index (κ1) is 26.0. The summed E-state index contributed by atoms with van der Waals surface area (Å²) in [5, 5.41) is 2.68. The van der Waals surface area contributed by atoms with Crippen molar-refractivity contribution < 1.29 is 23.2 Å². The van der Waals surface area contributed by atoms with Gasteiger partial charge in [-0.1, -0.05) is 6.07 Å². The van der Waals surface area contributed by atoms with Crippen LogP contribution in [0, 0.1) is 3.57 Å². The Labute approximate surface area is 190 Å². The fourth-order valence-corrected chi connectivity index (χ4v) is 4.82. The summed E-state index contributed by atoms with van der Waals surface area (Å²) < 4.78 is 18.0. The van der Waals surface area contributed by atoms with Gasteiger partial charge in [0, 0.05) is 6.42 Å². The number of carbonyl (C=O) groups is 2. The molecular formula is C20H34INO5Si2. The van der Waals surface area contributed by atoms with E-state index in [0.717, 1.165) is 14.9 Å². The molecule has 0 bridgehead atoms. The molecule has 0 aliphatic carbocycles. The van der Waals surface area contributed by atoms with E-state index in [1.54, 1.807) is 20.8 Å². The van der Waals surface area contributed by atoms with Crippen LogP contribution in [0.15, 0.2) is 18.2 Å². The van der Waals surface area contributed by atoms with Crippen LogP contribution in [0.4, 0.5) is 4.79 Å². The van der Waals surface area contributed by atoms with Gasteiger partial charge in [0.2, 0.25) is 16.6 Å². The fourth-order valence-electron chi connectivity index (χ4n) is 2.34. The van der Waals surface area contributed by atoms with E-state index in [4.69, 9.17) is 13.6 Å². The van der Waals surface area contributed by atoms with Crippen LogP contribution in [0.1, 0.15) is 26.3 Å². The maximum absolute atomic E-state index is 12.7. The third-order valence-corrected chi connectivity index (χ3v) is 5.72. The summed E-state index contributed by atoms with van der Waals surface area (Å²) in [5.74, 6) is 0.405. The number of amides is 1. The normalized spacial score (nSPS) is 13.4. The lowest BCUT2D eigenvalue weighted by atomic mass is 10.1. The molecule has 1 N–H and O–H groups in total. The zero-order valence-electron chi connectivity index (χ0n) is 18.9. The molecular weight excluding hydrogens is 517 g/mol. The Hall–Kier alpha value is -1.08. The lowest BCUT2D eigenvalue weighted by molar-refractivity contribution is -0.137. The zero-order chi connectivity index (χ0) is 22.6. The molecule has 0 spiro atoms. The van der Waals surface area contributed by atoms with Gasteiger partial charge in [0.05, 0.1) is 3.57 Å². The van der Waals surface area contributed by atoms with Crippen LogP contribution in [-0.4, -0.2) is 40.3 Å². The highest BCUT2D eigenvalue weighted by Crippen LogP contribution is 2.25. The maximum atomic E-state index is 12.7. The quantitative estimate of drug-likeness (QED) is 0.367. The van der Waals surface area contributed by atoms with Crippen molar-refractivity contribution in [1.29, 1.82) is 0 Å². The molecule has 1 aromatic carbocycles. The molecule has 6 nitrogen and oxygen atoms in total. The third-order valence-electron chi connectivity index (χ3n) is 3.23. The Kier molecular flexibility index (Phi) is 8.79. The predicted molar refractivity (Wildman–Crippen MR) is 129 cm³/mol. The monoisotopic (exact) mass is 551 g/mol. The largest absolute Gasteiger partial charge is 0.544 e. The van der Waals surface area contributed by atoms with Crippen LogP contribution in [0.25, 0.3) is 0 Å². The summed E-state index contributed by atoms with van der Waals surface area (Å²) in [4.78, 5) is 25.0. The second-order valence-corrected chi connectivity index (χ2v) is 19.9. The van der Waals surface area contributed by atoms with Crippen LogP contribution < -0.4 is 9.74 Å². The van der Waals surface area contributed by atoms with Crippen LogP contribution in [-0.2, 0) is 20.4 Å². The van der Waals surface area contributed by atoms with Crippen LogP contribution in [0.3, 0.4) is 0 Å². The number of hydrogen-bond acceptors (Lipinski definition) is 5. The second-order valence-electron chi connectivity index (χ2n) is 9.92. The molecule has 0 aromatic heterocycles. The number of rotatable bonds is 7. The average Bonchev–Trinajstić information content (AvgIpc) is 2.44. The molecule has 29 heavy (non-hydrogen) atoms. The van der Waals surface area contributed by atoms with E-state index in [9.17, 15) is 9.59 Å². The van der Waals surface area contributed by atoms with E-state index in [1.165, 1.54) is 0 Å². The molecule has 9 heteroatoms. The van der Waals surface area contributed by atoms with Gasteiger partial charge in [0.15, 0.2) is 0 Å². The lowest BCUT2D eigenvalue weighted by Crippen LogP contribution is -2.48. The van der Waals surface area contributed by atoms with Crippen molar-refractivity contribution in [2.45, 2.75) is 78.1 Å².